The lowest BCUT2D eigenvalue weighted by Crippen LogP contribution is -2.23. The number of hydrogen-bond donors (Lipinski definition) is 1. The monoisotopic (exact) mass is 605 g/mol. The van der Waals surface area contributed by atoms with Gasteiger partial charge in [0.25, 0.3) is 0 Å². The second-order valence-corrected chi connectivity index (χ2v) is 13.1. The van der Waals surface area contributed by atoms with Crippen molar-refractivity contribution in [2.75, 3.05) is 5.75 Å². The van der Waals surface area contributed by atoms with Gasteiger partial charge in [-0.05, 0) is 85.3 Å². The fourth-order valence-electron chi connectivity index (χ4n) is 4.87. The summed E-state index contributed by atoms with van der Waals surface area (Å²) in [4.78, 5) is 4.32. The lowest BCUT2D eigenvalue weighted by atomic mass is 9.92. The number of rotatable bonds is 9. The number of hydrogen-bond acceptors (Lipinski definition) is 5. The minimum absolute atomic E-state index is 0.0651. The highest BCUT2D eigenvalue weighted by molar-refractivity contribution is 7.91. The van der Waals surface area contributed by atoms with Gasteiger partial charge in [0.05, 0.1) is 27.3 Å². The third-order valence-corrected chi connectivity index (χ3v) is 8.74. The van der Waals surface area contributed by atoms with E-state index in [4.69, 9.17) is 4.74 Å². The zero-order valence-electron chi connectivity index (χ0n) is 23.6. The Kier molecular flexibility index (Phi) is 8.31. The molecule has 0 unspecified atom stereocenters. The number of benzene rings is 4. The minimum atomic E-state index is -4.58. The van der Waals surface area contributed by atoms with E-state index in [0.29, 0.717) is 28.7 Å². The molecule has 43 heavy (non-hydrogen) atoms. The number of aliphatic hydroxyl groups is 1. The highest BCUT2D eigenvalue weighted by atomic mass is 32.2. The van der Waals surface area contributed by atoms with Crippen LogP contribution in [0.3, 0.4) is 0 Å². The zero-order chi connectivity index (χ0) is 30.8. The number of aromatic nitrogens is 1. The first-order chi connectivity index (χ1) is 20.3. The zero-order valence-corrected chi connectivity index (χ0v) is 24.4. The number of sulfone groups is 1. The molecule has 0 atom stereocenters. The van der Waals surface area contributed by atoms with Crippen molar-refractivity contribution in [2.24, 2.45) is 0 Å². The standard InChI is InChI=1S/C34H30F3NO4S/c1-33(2,39)17-18-43(40,41)28-14-7-13-27(21-28)42-26-12-6-11-24(20-26)31-25(19-23-9-4-3-5-10-23)22-38-32-29(31)15-8-16-30(32)34(35,36)37/h3-16,20-22,39H,17-19H2,1-2H3. The van der Waals surface area contributed by atoms with E-state index in [1.807, 2.05) is 30.3 Å². The third kappa shape index (κ3) is 7.24. The van der Waals surface area contributed by atoms with E-state index in [1.165, 1.54) is 24.4 Å². The number of nitrogens with zero attached hydrogens (tertiary/aromatic N) is 1. The average Bonchev–Trinajstić information content (AvgIpc) is 2.96. The van der Waals surface area contributed by atoms with Gasteiger partial charge in [-0.1, -0.05) is 60.7 Å². The van der Waals surface area contributed by atoms with Crippen LogP contribution >= 0.6 is 0 Å². The Labute approximate surface area is 248 Å². The Hall–Kier alpha value is -4.21. The van der Waals surface area contributed by atoms with Gasteiger partial charge < -0.3 is 9.84 Å². The molecular weight excluding hydrogens is 575 g/mol. The van der Waals surface area contributed by atoms with Gasteiger partial charge in [0.2, 0.25) is 0 Å². The van der Waals surface area contributed by atoms with Crippen molar-refractivity contribution in [1.82, 2.24) is 4.98 Å². The van der Waals surface area contributed by atoms with Gasteiger partial charge in [0, 0.05) is 11.6 Å². The van der Waals surface area contributed by atoms with Gasteiger partial charge in [-0.2, -0.15) is 13.2 Å². The van der Waals surface area contributed by atoms with Crippen molar-refractivity contribution < 1.29 is 31.4 Å². The Morgan fingerprint density at radius 2 is 1.51 bits per heavy atom. The molecule has 5 aromatic rings. The van der Waals surface area contributed by atoms with Gasteiger partial charge in [-0.25, -0.2) is 8.42 Å². The van der Waals surface area contributed by atoms with E-state index >= 15 is 0 Å². The maximum Gasteiger partial charge on any atom is 0.418 e. The van der Waals surface area contributed by atoms with Crippen LogP contribution in [0.5, 0.6) is 11.5 Å². The quantitative estimate of drug-likeness (QED) is 0.183. The topological polar surface area (TPSA) is 76.5 Å². The second-order valence-electron chi connectivity index (χ2n) is 11.0. The van der Waals surface area contributed by atoms with Crippen LogP contribution in [0.4, 0.5) is 13.2 Å². The maximum absolute atomic E-state index is 13.9. The average molecular weight is 606 g/mol. The Morgan fingerprint density at radius 1 is 0.837 bits per heavy atom. The van der Waals surface area contributed by atoms with Crippen LogP contribution in [0.15, 0.2) is 108 Å². The van der Waals surface area contributed by atoms with E-state index in [1.54, 1.807) is 56.3 Å². The summed E-state index contributed by atoms with van der Waals surface area (Å²) in [7, 11) is -3.67. The molecule has 5 rings (SSSR count). The summed E-state index contributed by atoms with van der Waals surface area (Å²) in [5.41, 5.74) is 0.878. The molecule has 0 aliphatic heterocycles. The Bertz CT molecular complexity index is 1870. The fourth-order valence-corrected chi connectivity index (χ4v) is 6.45. The van der Waals surface area contributed by atoms with Gasteiger partial charge in [-0.15, -0.1) is 0 Å². The number of para-hydroxylation sites is 1. The van der Waals surface area contributed by atoms with E-state index in [0.717, 1.165) is 17.2 Å². The molecule has 9 heteroatoms. The summed E-state index contributed by atoms with van der Waals surface area (Å²) < 4.78 is 73.6. The van der Waals surface area contributed by atoms with Crippen molar-refractivity contribution in [2.45, 2.75) is 43.4 Å². The molecule has 0 saturated heterocycles. The molecule has 0 bridgehead atoms. The van der Waals surface area contributed by atoms with Crippen molar-refractivity contribution in [1.29, 1.82) is 0 Å². The third-order valence-electron chi connectivity index (χ3n) is 7.02. The molecule has 0 aliphatic rings. The molecule has 0 spiro atoms. The molecule has 0 amide bonds. The summed E-state index contributed by atoms with van der Waals surface area (Å²) in [5.74, 6) is 0.436. The first kappa shape index (κ1) is 30.3. The van der Waals surface area contributed by atoms with Crippen LogP contribution in [0, 0.1) is 0 Å². The van der Waals surface area contributed by atoms with Crippen LogP contribution in [0.2, 0.25) is 0 Å². The summed E-state index contributed by atoms with van der Waals surface area (Å²) in [5, 5.41) is 10.3. The molecule has 0 radical (unpaired) electrons. The molecular formula is C34H30F3NO4S. The molecule has 0 saturated carbocycles. The van der Waals surface area contributed by atoms with Gasteiger partial charge in [0.1, 0.15) is 11.5 Å². The van der Waals surface area contributed by atoms with Crippen LogP contribution < -0.4 is 4.74 Å². The van der Waals surface area contributed by atoms with Gasteiger partial charge in [0.15, 0.2) is 9.84 Å². The summed E-state index contributed by atoms with van der Waals surface area (Å²) in [6.07, 6.45) is -2.56. The number of ether oxygens (including phenoxy) is 1. The number of pyridine rings is 1. The Morgan fingerprint density at radius 3 is 2.21 bits per heavy atom. The lowest BCUT2D eigenvalue weighted by Gasteiger charge is -2.17. The lowest BCUT2D eigenvalue weighted by molar-refractivity contribution is -0.136. The molecule has 1 aromatic heterocycles. The molecule has 1 N–H and O–H groups in total. The van der Waals surface area contributed by atoms with Crippen molar-refractivity contribution in [3.8, 4) is 22.6 Å². The molecule has 222 valence electrons. The van der Waals surface area contributed by atoms with Crippen LogP contribution in [0.1, 0.15) is 37.0 Å². The predicted octanol–water partition coefficient (Wildman–Crippen LogP) is 8.24. The SMILES string of the molecule is CC(C)(O)CCS(=O)(=O)c1cccc(Oc2cccc(-c3c(Cc4ccccc4)cnc4c(C(F)(F)F)cccc34)c2)c1. The Balaban J connectivity index is 1.55. The number of halogens is 3. The smallest absolute Gasteiger partial charge is 0.418 e. The van der Waals surface area contributed by atoms with Crippen LogP contribution in [-0.2, 0) is 22.4 Å². The van der Waals surface area contributed by atoms with E-state index in [2.05, 4.69) is 4.98 Å². The van der Waals surface area contributed by atoms with Crippen LogP contribution in [-0.4, -0.2) is 29.9 Å². The highest BCUT2D eigenvalue weighted by Crippen LogP contribution is 2.40. The van der Waals surface area contributed by atoms with Crippen molar-refractivity contribution in [3.63, 3.8) is 0 Å². The number of fused-ring (bicyclic) bond motifs is 1. The second kappa shape index (κ2) is 11.8. The first-order valence-corrected chi connectivity index (χ1v) is 15.3. The summed E-state index contributed by atoms with van der Waals surface area (Å²) in [6.45, 7) is 3.10. The minimum Gasteiger partial charge on any atom is -0.457 e. The van der Waals surface area contributed by atoms with E-state index < -0.39 is 27.2 Å². The first-order valence-electron chi connectivity index (χ1n) is 13.7. The van der Waals surface area contributed by atoms with Crippen molar-refractivity contribution >= 4 is 20.7 Å². The van der Waals surface area contributed by atoms with E-state index in [9.17, 15) is 26.7 Å². The predicted molar refractivity (Wildman–Crippen MR) is 161 cm³/mol. The largest absolute Gasteiger partial charge is 0.457 e. The maximum atomic E-state index is 13.9. The van der Waals surface area contributed by atoms with Gasteiger partial charge in [-0.3, -0.25) is 4.98 Å². The normalized spacial score (nSPS) is 12.4. The molecule has 0 aliphatic carbocycles. The summed E-state index contributed by atoms with van der Waals surface area (Å²) >= 11 is 0. The molecule has 1 heterocycles. The molecule has 0 fully saturated rings. The highest BCUT2D eigenvalue weighted by Gasteiger charge is 2.33. The van der Waals surface area contributed by atoms with Crippen LogP contribution in [0.25, 0.3) is 22.0 Å². The number of alkyl halides is 3. The molecule has 4 aromatic carbocycles. The van der Waals surface area contributed by atoms with Gasteiger partial charge >= 0.3 is 6.18 Å². The van der Waals surface area contributed by atoms with E-state index in [-0.39, 0.29) is 28.3 Å². The van der Waals surface area contributed by atoms with Crippen molar-refractivity contribution in [3.05, 3.63) is 120 Å². The molecule has 5 nitrogen and oxygen atoms in total. The summed E-state index contributed by atoms with van der Waals surface area (Å²) in [6, 6.07) is 26.7. The fraction of sp³-hybridized carbons (Fsp3) is 0.206.